The largest absolute Gasteiger partial charge is 0.497 e. The number of carboxylic acid groups (broad SMARTS) is 1. The Morgan fingerprint density at radius 1 is 1.07 bits per heavy atom. The minimum Gasteiger partial charge on any atom is -0.497 e. The Morgan fingerprint density at radius 3 is 2.26 bits per heavy atom. The normalized spacial score (nSPS) is 19.0. The lowest BCUT2D eigenvalue weighted by molar-refractivity contribution is -0.141. The maximum absolute atomic E-state index is 13.3. The topological polar surface area (TPSA) is 76.1 Å². The minimum atomic E-state index is -1.03. The van der Waals surface area contributed by atoms with Crippen molar-refractivity contribution in [2.45, 2.75) is 24.9 Å². The van der Waals surface area contributed by atoms with E-state index >= 15 is 0 Å². The van der Waals surface area contributed by atoms with Gasteiger partial charge in [-0.25, -0.2) is 4.79 Å². The maximum atomic E-state index is 13.3. The second kappa shape index (κ2) is 7.88. The molecule has 1 saturated heterocycles. The summed E-state index contributed by atoms with van der Waals surface area (Å²) in [7, 11) is 2.98. The lowest BCUT2D eigenvalue weighted by Crippen LogP contribution is -2.41. The predicted molar refractivity (Wildman–Crippen MR) is 101 cm³/mol. The van der Waals surface area contributed by atoms with E-state index in [1.807, 2.05) is 12.1 Å². The smallest absolute Gasteiger partial charge is 0.326 e. The number of halogens is 1. The summed E-state index contributed by atoms with van der Waals surface area (Å²) in [5.41, 5.74) is 1.04. The predicted octanol–water partition coefficient (Wildman–Crippen LogP) is 3.79. The molecular formula is C20H20ClNO5. The first-order chi connectivity index (χ1) is 13.0. The fourth-order valence-electron chi connectivity index (χ4n) is 3.47. The first-order valence-corrected chi connectivity index (χ1v) is 8.87. The van der Waals surface area contributed by atoms with Crippen LogP contribution in [0.3, 0.4) is 0 Å². The van der Waals surface area contributed by atoms with Gasteiger partial charge in [-0.15, -0.1) is 0 Å². The second-order valence-corrected chi connectivity index (χ2v) is 6.69. The number of benzene rings is 2. The third kappa shape index (κ3) is 3.71. The number of hydrogen-bond acceptors (Lipinski definition) is 4. The molecule has 0 bridgehead atoms. The molecule has 0 unspecified atom stereocenters. The van der Waals surface area contributed by atoms with Crippen LogP contribution in [0.15, 0.2) is 42.5 Å². The van der Waals surface area contributed by atoms with Gasteiger partial charge in [0.2, 0.25) is 0 Å². The first-order valence-electron chi connectivity index (χ1n) is 8.49. The Morgan fingerprint density at radius 2 is 1.70 bits per heavy atom. The van der Waals surface area contributed by atoms with Gasteiger partial charge in [0.1, 0.15) is 17.5 Å². The van der Waals surface area contributed by atoms with Crippen LogP contribution in [0.1, 0.15) is 34.8 Å². The molecule has 1 amide bonds. The zero-order valence-electron chi connectivity index (χ0n) is 15.0. The molecule has 142 valence electrons. The number of carboxylic acids is 1. The fraction of sp³-hybridized carbons (Fsp3) is 0.300. The summed E-state index contributed by atoms with van der Waals surface area (Å²) >= 11 is 6.32. The average Bonchev–Trinajstić information content (AvgIpc) is 3.12. The highest BCUT2D eigenvalue weighted by atomic mass is 35.5. The van der Waals surface area contributed by atoms with Crippen LogP contribution in [0.5, 0.6) is 11.5 Å². The molecule has 0 aromatic heterocycles. The van der Waals surface area contributed by atoms with Crippen LogP contribution in [0.4, 0.5) is 0 Å². The summed E-state index contributed by atoms with van der Waals surface area (Å²) in [6, 6.07) is 10.7. The van der Waals surface area contributed by atoms with E-state index in [1.54, 1.807) is 30.3 Å². The molecule has 1 aliphatic rings. The van der Waals surface area contributed by atoms with Crippen LogP contribution in [0, 0.1) is 0 Å². The summed E-state index contributed by atoms with van der Waals surface area (Å²) < 4.78 is 10.5. The maximum Gasteiger partial charge on any atom is 0.326 e. The fourth-order valence-corrected chi connectivity index (χ4v) is 3.73. The van der Waals surface area contributed by atoms with E-state index in [4.69, 9.17) is 21.1 Å². The van der Waals surface area contributed by atoms with Crippen LogP contribution in [0.25, 0.3) is 0 Å². The molecule has 0 saturated carbocycles. The zero-order valence-corrected chi connectivity index (χ0v) is 15.8. The van der Waals surface area contributed by atoms with Crippen molar-refractivity contribution in [1.82, 2.24) is 4.90 Å². The molecule has 0 spiro atoms. The number of nitrogens with zero attached hydrogens (tertiary/aromatic N) is 1. The third-order valence-electron chi connectivity index (χ3n) is 4.77. The van der Waals surface area contributed by atoms with Gasteiger partial charge < -0.3 is 19.5 Å². The zero-order chi connectivity index (χ0) is 19.6. The molecule has 0 aliphatic carbocycles. The molecule has 1 aliphatic heterocycles. The second-order valence-electron chi connectivity index (χ2n) is 6.28. The van der Waals surface area contributed by atoms with Gasteiger partial charge in [-0.05, 0) is 36.6 Å². The molecule has 7 heteroatoms. The summed E-state index contributed by atoms with van der Waals surface area (Å²) in [6.45, 7) is 0. The van der Waals surface area contributed by atoms with E-state index in [9.17, 15) is 14.7 Å². The Kier molecular flexibility index (Phi) is 5.56. The Balaban J connectivity index is 2.05. The van der Waals surface area contributed by atoms with Gasteiger partial charge in [-0.3, -0.25) is 4.79 Å². The molecule has 2 aromatic carbocycles. The van der Waals surface area contributed by atoms with E-state index < -0.39 is 24.0 Å². The number of rotatable bonds is 5. The number of ether oxygens (including phenoxy) is 2. The van der Waals surface area contributed by atoms with Gasteiger partial charge in [0.25, 0.3) is 5.91 Å². The molecule has 1 N–H and O–H groups in total. The van der Waals surface area contributed by atoms with Gasteiger partial charge in [-0.1, -0.05) is 29.8 Å². The molecule has 27 heavy (non-hydrogen) atoms. The van der Waals surface area contributed by atoms with Crippen LogP contribution in [-0.2, 0) is 4.79 Å². The minimum absolute atomic E-state index is 0.302. The lowest BCUT2D eigenvalue weighted by atomic mass is 10.0. The van der Waals surface area contributed by atoms with Crippen molar-refractivity contribution in [3.05, 3.63) is 58.6 Å². The third-order valence-corrected chi connectivity index (χ3v) is 5.11. The number of carbonyl (C=O) groups excluding carboxylic acids is 1. The van der Waals surface area contributed by atoms with Crippen molar-refractivity contribution in [3.8, 4) is 11.5 Å². The van der Waals surface area contributed by atoms with Crippen LogP contribution < -0.4 is 9.47 Å². The average molecular weight is 390 g/mol. The number of amides is 1. The SMILES string of the molecule is COc1cc(OC)cc(C(=O)N2[C@H](C(=O)O)CC[C@H]2c2ccccc2Cl)c1. The van der Waals surface area contributed by atoms with Gasteiger partial charge in [-0.2, -0.15) is 0 Å². The Bertz CT molecular complexity index is 847. The van der Waals surface area contributed by atoms with Crippen LogP contribution >= 0.6 is 11.6 Å². The standard InChI is InChI=1S/C20H20ClNO5/c1-26-13-9-12(10-14(11-13)27-2)19(23)22-17(7-8-18(22)20(24)25)15-5-3-4-6-16(15)21/h3-6,9-11,17-18H,7-8H2,1-2H3,(H,24,25)/t17-,18-/m0/s1. The molecule has 2 atom stereocenters. The van der Waals surface area contributed by atoms with Gasteiger partial charge in [0.05, 0.1) is 20.3 Å². The van der Waals surface area contributed by atoms with Crippen molar-refractivity contribution in [3.63, 3.8) is 0 Å². The highest BCUT2D eigenvalue weighted by Gasteiger charge is 2.42. The molecule has 0 radical (unpaired) electrons. The van der Waals surface area contributed by atoms with Crippen molar-refractivity contribution < 1.29 is 24.2 Å². The molecule has 3 rings (SSSR count). The highest BCUT2D eigenvalue weighted by molar-refractivity contribution is 6.31. The molecule has 2 aromatic rings. The number of likely N-dealkylation sites (tertiary alicyclic amines) is 1. The molecule has 1 fully saturated rings. The highest BCUT2D eigenvalue weighted by Crippen LogP contribution is 2.40. The Labute approximate surface area is 162 Å². The van der Waals surface area contributed by atoms with Crippen molar-refractivity contribution in [2.75, 3.05) is 14.2 Å². The van der Waals surface area contributed by atoms with E-state index in [0.29, 0.717) is 34.9 Å². The quantitative estimate of drug-likeness (QED) is 0.842. The summed E-state index contributed by atoms with van der Waals surface area (Å²) in [5.74, 6) is -0.522. The van der Waals surface area contributed by atoms with Gasteiger partial charge in [0, 0.05) is 16.7 Å². The van der Waals surface area contributed by atoms with Crippen molar-refractivity contribution in [2.24, 2.45) is 0 Å². The molecular weight excluding hydrogens is 370 g/mol. The number of aliphatic carboxylic acids is 1. The van der Waals surface area contributed by atoms with Crippen LogP contribution in [-0.4, -0.2) is 42.1 Å². The van der Waals surface area contributed by atoms with Gasteiger partial charge >= 0.3 is 5.97 Å². The van der Waals surface area contributed by atoms with Gasteiger partial charge in [0.15, 0.2) is 0 Å². The van der Waals surface area contributed by atoms with Crippen molar-refractivity contribution >= 4 is 23.5 Å². The number of methoxy groups -OCH3 is 2. The summed E-state index contributed by atoms with van der Waals surface area (Å²) in [4.78, 5) is 26.5. The number of carbonyl (C=O) groups is 2. The lowest BCUT2D eigenvalue weighted by Gasteiger charge is -2.29. The van der Waals surface area contributed by atoms with Crippen molar-refractivity contribution in [1.29, 1.82) is 0 Å². The first kappa shape index (κ1) is 19.0. The monoisotopic (exact) mass is 389 g/mol. The summed E-state index contributed by atoms with van der Waals surface area (Å²) in [6.07, 6.45) is 0.881. The van der Waals surface area contributed by atoms with E-state index in [2.05, 4.69) is 0 Å². The number of hydrogen-bond donors (Lipinski definition) is 1. The van der Waals surface area contributed by atoms with Crippen LogP contribution in [0.2, 0.25) is 5.02 Å². The Hall–Kier alpha value is -2.73. The molecule has 1 heterocycles. The molecule has 6 nitrogen and oxygen atoms in total. The van der Waals surface area contributed by atoms with E-state index in [1.165, 1.54) is 19.1 Å². The van der Waals surface area contributed by atoms with E-state index in [-0.39, 0.29) is 0 Å². The summed E-state index contributed by atoms with van der Waals surface area (Å²) in [5, 5.41) is 10.1. The van der Waals surface area contributed by atoms with E-state index in [0.717, 1.165) is 5.56 Å².